The topological polar surface area (TPSA) is 90.0 Å². The Hall–Kier alpha value is 1.25. The SMILES string of the molecule is O=[N+]([O-])[O-].[C-]#N.[Cd+2].[K+]. The van der Waals surface area contributed by atoms with Gasteiger partial charge in [-0.15, -0.1) is 0 Å². The Kier molecular flexibility index (Phi) is 68.6. The normalized spacial score (nSPS) is 3.25. The van der Waals surface area contributed by atoms with Crippen molar-refractivity contribution in [1.82, 2.24) is 0 Å². The first kappa shape index (κ1) is 22.8. The predicted molar refractivity (Wildman–Crippen MR) is 15.3 cm³/mol. The molecule has 0 rings (SSSR count). The molecule has 0 radical (unpaired) electrons. The molecule has 0 atom stereocenters. The Morgan fingerprint density at radius 2 is 1.38 bits per heavy atom. The third-order valence-corrected chi connectivity index (χ3v) is 0. The molecule has 0 aromatic heterocycles. The summed E-state index contributed by atoms with van der Waals surface area (Å²) < 4.78 is 0. The largest absolute Gasteiger partial charge is 2.00 e. The van der Waals surface area contributed by atoms with E-state index in [0.717, 1.165) is 0 Å². The van der Waals surface area contributed by atoms with Crippen molar-refractivity contribution in [3.63, 3.8) is 0 Å². The van der Waals surface area contributed by atoms with Crippen LogP contribution >= 0.6 is 0 Å². The Morgan fingerprint density at radius 1 is 1.38 bits per heavy atom. The van der Waals surface area contributed by atoms with Gasteiger partial charge in [-0.25, -0.2) is 0 Å². The van der Waals surface area contributed by atoms with E-state index >= 15 is 0 Å². The molecule has 5 nitrogen and oxygen atoms in total. The Balaban J connectivity index is -0.0000000183. The van der Waals surface area contributed by atoms with E-state index in [9.17, 15) is 0 Å². The van der Waals surface area contributed by atoms with Crippen LogP contribution < -0.4 is 51.4 Å². The molecule has 0 aliphatic heterocycles. The quantitative estimate of drug-likeness (QED) is 0.193. The molecule has 0 bridgehead atoms. The Bertz CT molecular complexity index is 61.5. The summed E-state index contributed by atoms with van der Waals surface area (Å²) in [6.07, 6.45) is 0. The van der Waals surface area contributed by atoms with Crippen LogP contribution in [0.15, 0.2) is 0 Å². The molecule has 0 heterocycles. The summed E-state index contributed by atoms with van der Waals surface area (Å²) in [6, 6.07) is 0. The zero-order chi connectivity index (χ0) is 5.58. The molecule has 0 aromatic carbocycles. The minimum atomic E-state index is -1.75. The van der Waals surface area contributed by atoms with Gasteiger partial charge < -0.3 is 27.2 Å². The smallest absolute Gasteiger partial charge is 0.512 e. The van der Waals surface area contributed by atoms with E-state index < -0.39 is 5.09 Å². The molecule has 0 N–H and O–H groups in total. The molecule has 0 amide bonds. The van der Waals surface area contributed by atoms with Crippen molar-refractivity contribution in [2.75, 3.05) is 0 Å². The van der Waals surface area contributed by atoms with Crippen molar-refractivity contribution in [3.05, 3.63) is 21.9 Å². The average molecular weight is 240 g/mol. The fourth-order valence-corrected chi connectivity index (χ4v) is 0. The number of hydrogen-bond donors (Lipinski definition) is 0. The van der Waals surface area contributed by atoms with Crippen LogP contribution in [-0.4, -0.2) is 5.09 Å². The van der Waals surface area contributed by atoms with E-state index in [2.05, 4.69) is 0 Å². The summed E-state index contributed by atoms with van der Waals surface area (Å²) in [5.74, 6) is 0. The monoisotopic (exact) mass is 241 g/mol. The molecule has 34 valence electrons. The number of hydrogen-bond acceptors (Lipinski definition) is 4. The summed E-state index contributed by atoms with van der Waals surface area (Å²) in [6.45, 7) is 4.75. The Labute approximate surface area is 109 Å². The van der Waals surface area contributed by atoms with Gasteiger partial charge in [-0.2, -0.15) is 0 Å². The van der Waals surface area contributed by atoms with Gasteiger partial charge in [-0.3, -0.25) is 0 Å². The number of nitrogens with zero attached hydrogens (tertiary/aromatic N) is 2. The van der Waals surface area contributed by atoms with E-state index in [-0.39, 0.29) is 78.7 Å². The second-order valence-corrected chi connectivity index (χ2v) is 0.224. The van der Waals surface area contributed by atoms with Crippen LogP contribution in [0.1, 0.15) is 0 Å². The van der Waals surface area contributed by atoms with Gasteiger partial charge in [-0.05, 0) is 0 Å². The Morgan fingerprint density at radius 3 is 1.38 bits per heavy atom. The van der Waals surface area contributed by atoms with Crippen LogP contribution in [0.2, 0.25) is 0 Å². The maximum Gasteiger partial charge on any atom is 2.00 e. The van der Waals surface area contributed by atoms with Gasteiger partial charge in [-0.1, -0.05) is 0 Å². The fourth-order valence-electron chi connectivity index (χ4n) is 0. The van der Waals surface area contributed by atoms with Crippen molar-refractivity contribution in [1.29, 1.82) is 5.26 Å². The van der Waals surface area contributed by atoms with Gasteiger partial charge in [0.15, 0.2) is 0 Å². The summed E-state index contributed by atoms with van der Waals surface area (Å²) in [4.78, 5) is 8.25. The molecular weight excluding hydrogens is 240 g/mol. The van der Waals surface area contributed by atoms with Gasteiger partial charge in [0.05, 0.1) is 5.09 Å². The number of rotatable bonds is 0. The molecule has 8 heavy (non-hydrogen) atoms. The molecule has 0 aromatic rings. The second-order valence-electron chi connectivity index (χ2n) is 0.224. The van der Waals surface area contributed by atoms with E-state index in [1.807, 2.05) is 0 Å². The van der Waals surface area contributed by atoms with Crippen LogP contribution in [0.3, 0.4) is 0 Å². The van der Waals surface area contributed by atoms with E-state index in [0.29, 0.717) is 0 Å². The molecule has 7 heteroatoms. The molecule has 0 aliphatic carbocycles. The predicted octanol–water partition coefficient (Wildman–Crippen LogP) is -3.14. The van der Waals surface area contributed by atoms with Crippen molar-refractivity contribution < 1.29 is 83.8 Å². The summed E-state index contributed by atoms with van der Waals surface area (Å²) in [5.41, 5.74) is 0. The summed E-state index contributed by atoms with van der Waals surface area (Å²) in [7, 11) is 0. The third kappa shape index (κ3) is 182. The molecule has 0 aliphatic rings. The minimum Gasteiger partial charge on any atom is -0.512 e. The summed E-state index contributed by atoms with van der Waals surface area (Å²) >= 11 is 0. The zero-order valence-corrected chi connectivity index (χ0v) is 11.5. The van der Waals surface area contributed by atoms with Gasteiger partial charge in [0.2, 0.25) is 0 Å². The maximum atomic E-state index is 8.25. The molecule has 0 spiro atoms. The first-order valence-electron chi connectivity index (χ1n) is 0.771. The second kappa shape index (κ2) is 24.0. The van der Waals surface area contributed by atoms with Crippen molar-refractivity contribution in [3.8, 4) is 0 Å². The minimum absolute atomic E-state index is 0. The van der Waals surface area contributed by atoms with Crippen LogP contribution in [0.25, 0.3) is 0 Å². The van der Waals surface area contributed by atoms with Crippen LogP contribution in [0, 0.1) is 27.2 Å². The van der Waals surface area contributed by atoms with Crippen molar-refractivity contribution in [2.45, 2.75) is 0 Å². The first-order valence-corrected chi connectivity index (χ1v) is 0.771. The van der Waals surface area contributed by atoms with Gasteiger partial charge in [0, 0.05) is 0 Å². The molecule has 0 saturated heterocycles. The van der Waals surface area contributed by atoms with E-state index in [1.54, 1.807) is 0 Å². The van der Waals surface area contributed by atoms with Crippen LogP contribution in [-0.2, 0) is 27.3 Å². The molecular formula is CCdKN2O3+. The van der Waals surface area contributed by atoms with E-state index in [1.165, 1.54) is 0 Å². The van der Waals surface area contributed by atoms with Crippen LogP contribution in [0.5, 0.6) is 0 Å². The molecule has 0 unspecified atom stereocenters. The van der Waals surface area contributed by atoms with E-state index in [4.69, 9.17) is 27.2 Å². The van der Waals surface area contributed by atoms with Crippen LogP contribution in [0.4, 0.5) is 0 Å². The third-order valence-electron chi connectivity index (χ3n) is 0. The van der Waals surface area contributed by atoms with Gasteiger partial charge in [0.25, 0.3) is 0 Å². The molecule has 0 saturated carbocycles. The zero-order valence-electron chi connectivity index (χ0n) is 4.33. The summed E-state index contributed by atoms with van der Waals surface area (Å²) in [5, 5.41) is 21.0. The average Bonchev–Trinajstić information content (AvgIpc) is 1.41. The first-order chi connectivity index (χ1) is 2.73. The van der Waals surface area contributed by atoms with Crippen molar-refractivity contribution in [2.24, 2.45) is 0 Å². The maximum absolute atomic E-state index is 8.25. The van der Waals surface area contributed by atoms with Crippen molar-refractivity contribution >= 4 is 0 Å². The van der Waals surface area contributed by atoms with Gasteiger partial charge in [0.1, 0.15) is 0 Å². The molecule has 0 fully saturated rings. The van der Waals surface area contributed by atoms with Gasteiger partial charge >= 0.3 is 78.7 Å². The standard InChI is InChI=1S/CN.Cd.K.NO3/c1-2;;;2-1(3)4/q-1;+2;+1;-1. The fraction of sp³-hybridized carbons (Fsp3) is 0.